The Morgan fingerprint density at radius 3 is 2.46 bits per heavy atom. The highest BCUT2D eigenvalue weighted by atomic mass is 16.3. The molecule has 4 aliphatic carbocycles. The van der Waals surface area contributed by atoms with E-state index in [4.69, 9.17) is 0 Å². The first kappa shape index (κ1) is 18.7. The average Bonchev–Trinajstić information content (AvgIpc) is 2.85. The van der Waals surface area contributed by atoms with Crippen molar-refractivity contribution in [3.63, 3.8) is 0 Å². The molecule has 4 heteroatoms. The molecule has 0 amide bonds. The minimum atomic E-state index is -0.539. The highest BCUT2D eigenvalue weighted by Gasteiger charge is 2.66. The lowest BCUT2D eigenvalue weighted by Gasteiger charge is -2.63. The molecule has 8 atom stereocenters. The minimum Gasteiger partial charge on any atom is -0.393 e. The van der Waals surface area contributed by atoms with Crippen LogP contribution in [0.2, 0.25) is 0 Å². The fourth-order valence-corrected chi connectivity index (χ4v) is 7.70. The van der Waals surface area contributed by atoms with E-state index in [0.29, 0.717) is 29.1 Å². The van der Waals surface area contributed by atoms with Crippen molar-refractivity contribution < 1.29 is 10.2 Å². The largest absolute Gasteiger partial charge is 0.393 e. The van der Waals surface area contributed by atoms with Gasteiger partial charge in [0.05, 0.1) is 11.7 Å². The van der Waals surface area contributed by atoms with E-state index < -0.39 is 5.60 Å². The zero-order chi connectivity index (χ0) is 18.7. The van der Waals surface area contributed by atoms with E-state index in [1.165, 1.54) is 12.8 Å². The zero-order valence-corrected chi connectivity index (χ0v) is 17.1. The summed E-state index contributed by atoms with van der Waals surface area (Å²) in [5.41, 5.74) is -0.261. The standard InChI is InChI=1S/C22H38N2O2/c1-20-10-8-17(25)13-15(20)5-6-19-18(20)9-11-21(2)16(14-23-24(3)4)7-12-22(19,21)26/h14-19,25-26H,5-13H2,1-4H3/b23-14+/t15-,16-,17+,18+,19-,20+,21-,22+/m1/s1. The van der Waals surface area contributed by atoms with Gasteiger partial charge in [0.2, 0.25) is 0 Å². The van der Waals surface area contributed by atoms with Crippen molar-refractivity contribution in [2.24, 2.45) is 39.6 Å². The van der Waals surface area contributed by atoms with Crippen LogP contribution in [0.25, 0.3) is 0 Å². The third-order valence-corrected chi connectivity index (χ3v) is 9.37. The van der Waals surface area contributed by atoms with Crippen LogP contribution in [0.4, 0.5) is 0 Å². The molecule has 0 heterocycles. The minimum absolute atomic E-state index is 0.0367. The molecule has 4 saturated carbocycles. The predicted octanol–water partition coefficient (Wildman–Crippen LogP) is 3.67. The summed E-state index contributed by atoms with van der Waals surface area (Å²) in [6.07, 6.45) is 11.7. The molecule has 26 heavy (non-hydrogen) atoms. The van der Waals surface area contributed by atoms with Gasteiger partial charge in [-0.15, -0.1) is 0 Å². The van der Waals surface area contributed by atoms with Gasteiger partial charge in [0.15, 0.2) is 0 Å². The number of aliphatic hydroxyl groups excluding tert-OH is 1. The van der Waals surface area contributed by atoms with Gasteiger partial charge in [-0.3, -0.25) is 0 Å². The maximum atomic E-state index is 12.0. The predicted molar refractivity (Wildman–Crippen MR) is 105 cm³/mol. The summed E-state index contributed by atoms with van der Waals surface area (Å²) in [7, 11) is 3.94. The first-order valence-electron chi connectivity index (χ1n) is 10.8. The molecular formula is C22H38N2O2. The van der Waals surface area contributed by atoms with Gasteiger partial charge < -0.3 is 15.2 Å². The number of aliphatic hydroxyl groups is 2. The Labute approximate surface area is 159 Å². The summed E-state index contributed by atoms with van der Waals surface area (Å²) in [4.78, 5) is 0. The van der Waals surface area contributed by atoms with Crippen molar-refractivity contribution in [3.8, 4) is 0 Å². The summed E-state index contributed by atoms with van der Waals surface area (Å²) in [5.74, 6) is 2.08. The second kappa shape index (κ2) is 6.20. The summed E-state index contributed by atoms with van der Waals surface area (Å²) in [5, 5.41) is 28.6. The molecule has 0 unspecified atom stereocenters. The van der Waals surface area contributed by atoms with Gasteiger partial charge in [-0.25, -0.2) is 0 Å². The van der Waals surface area contributed by atoms with Gasteiger partial charge in [0.25, 0.3) is 0 Å². The number of hydrazone groups is 1. The van der Waals surface area contributed by atoms with Gasteiger partial charge in [-0.2, -0.15) is 5.10 Å². The van der Waals surface area contributed by atoms with Crippen LogP contribution in [0.1, 0.15) is 71.6 Å². The fourth-order valence-electron chi connectivity index (χ4n) is 7.70. The van der Waals surface area contributed by atoms with Crippen LogP contribution < -0.4 is 0 Å². The van der Waals surface area contributed by atoms with Crippen molar-refractivity contribution in [3.05, 3.63) is 0 Å². The first-order valence-corrected chi connectivity index (χ1v) is 10.8. The Balaban J connectivity index is 1.62. The Hall–Kier alpha value is -0.610. The van der Waals surface area contributed by atoms with Crippen LogP contribution in [-0.2, 0) is 0 Å². The molecule has 0 spiro atoms. The van der Waals surface area contributed by atoms with E-state index in [1.807, 2.05) is 19.1 Å². The van der Waals surface area contributed by atoms with Gasteiger partial charge >= 0.3 is 0 Å². The molecule has 4 rings (SSSR count). The number of rotatable bonds is 2. The van der Waals surface area contributed by atoms with Crippen molar-refractivity contribution in [1.82, 2.24) is 5.01 Å². The Bertz CT molecular complexity index is 578. The van der Waals surface area contributed by atoms with Crippen LogP contribution in [0.3, 0.4) is 0 Å². The summed E-state index contributed by atoms with van der Waals surface area (Å²) < 4.78 is 0. The second-order valence-electron chi connectivity index (χ2n) is 10.6. The summed E-state index contributed by atoms with van der Waals surface area (Å²) in [6.45, 7) is 4.81. The molecule has 4 fully saturated rings. The Morgan fingerprint density at radius 1 is 0.962 bits per heavy atom. The van der Waals surface area contributed by atoms with E-state index in [-0.39, 0.29) is 11.5 Å². The van der Waals surface area contributed by atoms with Crippen LogP contribution in [0.15, 0.2) is 5.10 Å². The topological polar surface area (TPSA) is 56.1 Å². The molecule has 0 aliphatic heterocycles. The second-order valence-corrected chi connectivity index (χ2v) is 10.6. The van der Waals surface area contributed by atoms with Crippen molar-refractivity contribution in [2.45, 2.75) is 83.3 Å². The monoisotopic (exact) mass is 362 g/mol. The zero-order valence-electron chi connectivity index (χ0n) is 17.1. The molecule has 4 nitrogen and oxygen atoms in total. The smallest absolute Gasteiger partial charge is 0.0738 e. The molecule has 0 aromatic rings. The lowest BCUT2D eigenvalue weighted by atomic mass is 9.43. The maximum absolute atomic E-state index is 12.0. The summed E-state index contributed by atoms with van der Waals surface area (Å²) in [6, 6.07) is 0. The van der Waals surface area contributed by atoms with Gasteiger partial charge in [0.1, 0.15) is 0 Å². The molecule has 0 bridgehead atoms. The van der Waals surface area contributed by atoms with Crippen molar-refractivity contribution in [2.75, 3.05) is 14.1 Å². The fraction of sp³-hybridized carbons (Fsp3) is 0.955. The summed E-state index contributed by atoms with van der Waals surface area (Å²) >= 11 is 0. The van der Waals surface area contributed by atoms with E-state index in [0.717, 1.165) is 44.9 Å². The van der Waals surface area contributed by atoms with Gasteiger partial charge in [-0.1, -0.05) is 13.8 Å². The third-order valence-electron chi connectivity index (χ3n) is 9.37. The Kier molecular flexibility index (Phi) is 4.47. The van der Waals surface area contributed by atoms with Gasteiger partial charge in [0, 0.05) is 31.6 Å². The van der Waals surface area contributed by atoms with Crippen LogP contribution in [0.5, 0.6) is 0 Å². The SMILES string of the molecule is CN(C)/N=C/[C@H]1CC[C@]2(O)[C@@H]3CC[C@@H]4C[C@@H](O)CC[C@]4(C)[C@H]3CC[C@]12C. The lowest BCUT2D eigenvalue weighted by molar-refractivity contribution is -0.206. The number of hydrogen-bond donors (Lipinski definition) is 2. The molecule has 4 aliphatic rings. The quantitative estimate of drug-likeness (QED) is 0.582. The third kappa shape index (κ3) is 2.51. The molecular weight excluding hydrogens is 324 g/mol. The molecule has 148 valence electrons. The van der Waals surface area contributed by atoms with Crippen molar-refractivity contribution >= 4 is 6.21 Å². The molecule has 0 saturated heterocycles. The number of hydrogen-bond acceptors (Lipinski definition) is 4. The van der Waals surface area contributed by atoms with Crippen LogP contribution in [-0.4, -0.2) is 47.2 Å². The van der Waals surface area contributed by atoms with Gasteiger partial charge in [-0.05, 0) is 81.0 Å². The Morgan fingerprint density at radius 2 is 1.73 bits per heavy atom. The lowest BCUT2D eigenvalue weighted by Crippen LogP contribution is -2.62. The van der Waals surface area contributed by atoms with E-state index in [9.17, 15) is 10.2 Å². The number of nitrogens with zero attached hydrogens (tertiary/aromatic N) is 2. The molecule has 0 aromatic heterocycles. The van der Waals surface area contributed by atoms with E-state index in [1.54, 1.807) is 0 Å². The first-order chi connectivity index (χ1) is 12.2. The average molecular weight is 363 g/mol. The van der Waals surface area contributed by atoms with E-state index >= 15 is 0 Å². The van der Waals surface area contributed by atoms with E-state index in [2.05, 4.69) is 25.2 Å². The van der Waals surface area contributed by atoms with Crippen LogP contribution >= 0.6 is 0 Å². The van der Waals surface area contributed by atoms with Crippen molar-refractivity contribution in [1.29, 1.82) is 0 Å². The number of fused-ring (bicyclic) bond motifs is 5. The maximum Gasteiger partial charge on any atom is 0.0738 e. The molecule has 0 radical (unpaired) electrons. The highest BCUT2D eigenvalue weighted by molar-refractivity contribution is 5.63. The molecule has 2 N–H and O–H groups in total. The highest BCUT2D eigenvalue weighted by Crippen LogP contribution is 2.68. The molecule has 0 aromatic carbocycles. The normalized spacial score (nSPS) is 53.8. The van der Waals surface area contributed by atoms with Crippen LogP contribution in [0, 0.1) is 34.5 Å².